The van der Waals surface area contributed by atoms with Crippen LogP contribution in [0.25, 0.3) is 0 Å². The molecule has 0 aromatic rings. The summed E-state index contributed by atoms with van der Waals surface area (Å²) in [7, 11) is 0. The molecule has 0 aliphatic rings. The molecule has 0 saturated heterocycles. The van der Waals surface area contributed by atoms with E-state index in [4.69, 9.17) is 6.94 Å². The van der Waals surface area contributed by atoms with Crippen LogP contribution in [0.4, 0.5) is 0 Å². The van der Waals surface area contributed by atoms with Crippen molar-refractivity contribution >= 4 is 28.4 Å². The van der Waals surface area contributed by atoms with Crippen molar-refractivity contribution in [1.82, 2.24) is 0 Å². The second-order valence-electron chi connectivity index (χ2n) is 0.448. The van der Waals surface area contributed by atoms with Crippen LogP contribution in [0.2, 0.25) is 0 Å². The van der Waals surface area contributed by atoms with Crippen LogP contribution < -0.4 is 0 Å². The maximum absolute atomic E-state index is 9.35. The Balaban J connectivity index is 4.06. The molecule has 0 spiro atoms. The van der Waals surface area contributed by atoms with Gasteiger partial charge in [-0.3, -0.25) is 0 Å². The van der Waals surface area contributed by atoms with Crippen LogP contribution in [0.5, 0.6) is 0 Å². The molecule has 32 valence electrons. The van der Waals surface area contributed by atoms with E-state index in [0.29, 0.717) is 0 Å². The fraction of sp³-hybridized carbons (Fsp3) is 0. The Labute approximate surface area is 38.6 Å². The molecule has 0 atom stereocenters. The normalized spacial score (nSPS) is 11.6. The predicted octanol–water partition coefficient (Wildman–Crippen LogP) is -1.99. The van der Waals surface area contributed by atoms with Gasteiger partial charge in [0, 0.05) is 0 Å². The van der Waals surface area contributed by atoms with E-state index in [1.807, 2.05) is 0 Å². The van der Waals surface area contributed by atoms with E-state index >= 15 is 0 Å². The molecule has 3 nitrogen and oxygen atoms in total. The molecule has 0 bridgehead atoms. The summed E-state index contributed by atoms with van der Waals surface area (Å²) >= 11 is -2.67. The van der Waals surface area contributed by atoms with Crippen LogP contribution in [0.3, 0.4) is 0 Å². The van der Waals surface area contributed by atoms with Gasteiger partial charge in [0.2, 0.25) is 0 Å². The van der Waals surface area contributed by atoms with Crippen LogP contribution in [-0.4, -0.2) is 35.4 Å². The van der Waals surface area contributed by atoms with Crippen LogP contribution in [0, 0.1) is 0 Å². The Hall–Kier alpha value is 1.03. The van der Waals surface area contributed by atoms with Gasteiger partial charge >= 0.3 is 38.5 Å². The molecule has 0 aliphatic heterocycles. The Bertz CT molecular complexity index is 90.1. The fourth-order valence-corrected chi connectivity index (χ4v) is 0. The van der Waals surface area contributed by atoms with E-state index in [2.05, 4.69) is 0 Å². The molecule has 0 radical (unpaired) electrons. The minimum atomic E-state index is -4.39. The summed E-state index contributed by atoms with van der Waals surface area (Å²) in [4.78, 5) is 0. The molecular formula is H2O3SeTe. The summed E-state index contributed by atoms with van der Waals surface area (Å²) in [5.41, 5.74) is 0. The second kappa shape index (κ2) is 1.65. The third-order valence-corrected chi connectivity index (χ3v) is 0. The van der Waals surface area contributed by atoms with Crippen molar-refractivity contribution in [3.8, 4) is 0 Å². The zero-order valence-electron chi connectivity index (χ0n) is 2.12. The topological polar surface area (TPSA) is 57.5 Å². The van der Waals surface area contributed by atoms with E-state index in [1.54, 1.807) is 12.3 Å². The zero-order valence-corrected chi connectivity index (χ0v) is 6.16. The number of hydrogen-bond acceptors (Lipinski definition) is 1. The third-order valence-electron chi connectivity index (χ3n) is 0. The van der Waals surface area contributed by atoms with Gasteiger partial charge in [0.1, 0.15) is 0 Å². The molecule has 0 rings (SSSR count). The SMILES string of the molecule is O=[Te](O)(O)=[Se]. The van der Waals surface area contributed by atoms with Crippen molar-refractivity contribution in [2.75, 3.05) is 0 Å². The summed E-state index contributed by atoms with van der Waals surface area (Å²) in [6, 6.07) is 0. The first-order valence-electron chi connectivity index (χ1n) is 0.698. The van der Waals surface area contributed by atoms with Crippen molar-refractivity contribution in [2.45, 2.75) is 0 Å². The Morgan fingerprint density at radius 2 is 1.60 bits per heavy atom. The van der Waals surface area contributed by atoms with Gasteiger partial charge in [0.25, 0.3) is 0 Å². The van der Waals surface area contributed by atoms with Gasteiger partial charge in [-0.25, -0.2) is 0 Å². The molecule has 2 N–H and O–H groups in total. The monoisotopic (exact) mass is 260 g/mol. The minimum absolute atomic E-state index is 1.72. The van der Waals surface area contributed by atoms with Gasteiger partial charge < -0.3 is 0 Å². The van der Waals surface area contributed by atoms with Crippen molar-refractivity contribution in [2.24, 2.45) is 0 Å². The average Bonchev–Trinajstić information content (AvgIpc) is 0.722. The molecule has 0 amide bonds. The van der Waals surface area contributed by atoms with Gasteiger partial charge in [0.05, 0.1) is 0 Å². The Morgan fingerprint density at radius 1 is 1.60 bits per heavy atom. The summed E-state index contributed by atoms with van der Waals surface area (Å²) in [6.45, 7) is 0. The number of hydrogen-bond donors (Lipinski definition) is 2. The first kappa shape index (κ1) is 6.03. The van der Waals surface area contributed by atoms with Gasteiger partial charge in [-0.1, -0.05) is 0 Å². The summed E-state index contributed by atoms with van der Waals surface area (Å²) < 4.78 is 24.7. The van der Waals surface area contributed by atoms with Gasteiger partial charge in [0.15, 0.2) is 0 Å². The fourth-order valence-electron chi connectivity index (χ4n) is 0. The zero-order chi connectivity index (χ0) is 4.50. The molecule has 0 aromatic carbocycles. The second-order valence-corrected chi connectivity index (χ2v) is 9.12. The van der Waals surface area contributed by atoms with E-state index < -0.39 is 16.2 Å². The van der Waals surface area contributed by atoms with Gasteiger partial charge in [-0.15, -0.1) is 0 Å². The van der Waals surface area contributed by atoms with Crippen LogP contribution in [0.1, 0.15) is 0 Å². The van der Waals surface area contributed by atoms with Crippen LogP contribution in [0.15, 0.2) is 0 Å². The molecule has 0 unspecified atom stereocenters. The average molecular weight is 257 g/mol. The summed E-state index contributed by atoms with van der Waals surface area (Å²) in [5, 5.41) is 0. The quantitative estimate of drug-likeness (QED) is 0.493. The molecule has 0 aromatic heterocycles. The Kier molecular flexibility index (Phi) is 1.99. The molecule has 0 fully saturated rings. The van der Waals surface area contributed by atoms with Crippen molar-refractivity contribution in [3.05, 3.63) is 0 Å². The first-order valence-corrected chi connectivity index (χ1v) is 9.38. The van der Waals surface area contributed by atoms with Gasteiger partial charge in [-0.2, -0.15) is 0 Å². The standard InChI is InChI=1S/H2O3SeTe/c1-5(2,3)4/h(H2,1,2,3,4). The first-order chi connectivity index (χ1) is 2.00. The number of rotatable bonds is 0. The maximum atomic E-state index is 9.35. The Morgan fingerprint density at radius 3 is 1.60 bits per heavy atom. The molecule has 5 heavy (non-hydrogen) atoms. The summed E-state index contributed by atoms with van der Waals surface area (Å²) in [6.07, 6.45) is 0. The van der Waals surface area contributed by atoms with Crippen LogP contribution >= 0.6 is 0 Å². The molecule has 0 aliphatic carbocycles. The van der Waals surface area contributed by atoms with E-state index in [-0.39, 0.29) is 0 Å². The molecule has 0 heterocycles. The molecule has 5 heteroatoms. The summed E-state index contributed by atoms with van der Waals surface area (Å²) in [5.74, 6) is 0. The van der Waals surface area contributed by atoms with Gasteiger partial charge in [-0.05, 0) is 0 Å². The van der Waals surface area contributed by atoms with E-state index in [0.717, 1.165) is 0 Å². The van der Waals surface area contributed by atoms with Crippen molar-refractivity contribution in [1.29, 1.82) is 0 Å². The third kappa shape index (κ3) is 43.6. The van der Waals surface area contributed by atoms with E-state index in [1.165, 1.54) is 0 Å². The molecule has 0 saturated carbocycles. The predicted molar refractivity (Wildman–Crippen MR) is 16.6 cm³/mol. The van der Waals surface area contributed by atoms with E-state index in [9.17, 15) is 3.10 Å². The van der Waals surface area contributed by atoms with Crippen LogP contribution in [-0.2, 0) is 3.10 Å². The molecular weight excluding hydrogens is 255 g/mol. The van der Waals surface area contributed by atoms with Crippen molar-refractivity contribution in [3.63, 3.8) is 0 Å². The van der Waals surface area contributed by atoms with Crippen molar-refractivity contribution < 1.29 is 10.0 Å².